The van der Waals surface area contributed by atoms with Crippen LogP contribution in [0.3, 0.4) is 0 Å². The van der Waals surface area contributed by atoms with E-state index in [-0.39, 0.29) is 0 Å². The van der Waals surface area contributed by atoms with Gasteiger partial charge in [0.15, 0.2) is 11.5 Å². The monoisotopic (exact) mass is 395 g/mol. The van der Waals surface area contributed by atoms with Crippen LogP contribution in [0, 0.1) is 20.8 Å². The standard InChI is InChI=1S/C21H21N3O3S/c1-13-6-5-7-17(10-13)20(25)27-18-9-8-16(11-19(18)26-4)12-22-24-21-23-14(2)15(3)28-21/h5-12H,1-4H3,(H,23,24)/b22-12-. The molecule has 1 heterocycles. The SMILES string of the molecule is COc1cc(/C=N\Nc2nc(C)c(C)s2)ccc1OC(=O)c1cccc(C)c1. The number of hydrogen-bond acceptors (Lipinski definition) is 7. The summed E-state index contributed by atoms with van der Waals surface area (Å²) < 4.78 is 10.9. The van der Waals surface area contributed by atoms with Crippen LogP contribution >= 0.6 is 11.3 Å². The van der Waals surface area contributed by atoms with Crippen molar-refractivity contribution in [2.24, 2.45) is 5.10 Å². The lowest BCUT2D eigenvalue weighted by molar-refractivity contribution is 0.0729. The minimum atomic E-state index is -0.431. The van der Waals surface area contributed by atoms with Crippen LogP contribution in [0.25, 0.3) is 0 Å². The van der Waals surface area contributed by atoms with Crippen LogP contribution < -0.4 is 14.9 Å². The molecule has 0 saturated heterocycles. The van der Waals surface area contributed by atoms with Gasteiger partial charge in [-0.3, -0.25) is 5.43 Å². The highest BCUT2D eigenvalue weighted by atomic mass is 32.1. The summed E-state index contributed by atoms with van der Waals surface area (Å²) >= 11 is 1.55. The van der Waals surface area contributed by atoms with Crippen molar-refractivity contribution < 1.29 is 14.3 Å². The fourth-order valence-corrected chi connectivity index (χ4v) is 3.23. The van der Waals surface area contributed by atoms with Gasteiger partial charge in [-0.2, -0.15) is 5.10 Å². The first-order valence-electron chi connectivity index (χ1n) is 8.66. The molecular formula is C21H21N3O3S. The summed E-state index contributed by atoms with van der Waals surface area (Å²) in [5.41, 5.74) is 6.19. The van der Waals surface area contributed by atoms with Crippen LogP contribution in [0.2, 0.25) is 0 Å². The smallest absolute Gasteiger partial charge is 0.343 e. The number of aryl methyl sites for hydroxylation is 3. The van der Waals surface area contributed by atoms with Gasteiger partial charge in [0, 0.05) is 4.88 Å². The van der Waals surface area contributed by atoms with Crippen molar-refractivity contribution in [1.29, 1.82) is 0 Å². The summed E-state index contributed by atoms with van der Waals surface area (Å²) in [7, 11) is 1.53. The molecular weight excluding hydrogens is 374 g/mol. The van der Waals surface area contributed by atoms with Gasteiger partial charge in [0.2, 0.25) is 5.13 Å². The maximum atomic E-state index is 12.4. The van der Waals surface area contributed by atoms with Gasteiger partial charge in [0.1, 0.15) is 0 Å². The van der Waals surface area contributed by atoms with Crippen LogP contribution in [-0.4, -0.2) is 24.3 Å². The number of ether oxygens (including phenoxy) is 2. The number of hydrogen-bond donors (Lipinski definition) is 1. The minimum absolute atomic E-state index is 0.352. The van der Waals surface area contributed by atoms with E-state index in [1.807, 2.05) is 32.9 Å². The molecule has 3 rings (SSSR count). The molecule has 3 aromatic rings. The van der Waals surface area contributed by atoms with Crippen molar-refractivity contribution in [2.75, 3.05) is 12.5 Å². The lowest BCUT2D eigenvalue weighted by Gasteiger charge is -2.10. The second kappa shape index (κ2) is 8.67. The van der Waals surface area contributed by atoms with E-state index in [4.69, 9.17) is 9.47 Å². The Labute approximate surface area is 167 Å². The molecule has 1 N–H and O–H groups in total. The zero-order valence-electron chi connectivity index (χ0n) is 16.1. The number of esters is 1. The molecule has 0 radical (unpaired) electrons. The van der Waals surface area contributed by atoms with Crippen molar-refractivity contribution >= 4 is 28.7 Å². The molecule has 144 valence electrons. The Bertz CT molecular complexity index is 1010. The quantitative estimate of drug-likeness (QED) is 0.282. The number of benzene rings is 2. The van der Waals surface area contributed by atoms with Gasteiger partial charge in [-0.15, -0.1) is 11.3 Å². The molecule has 0 aliphatic heterocycles. The number of rotatable bonds is 6. The van der Waals surface area contributed by atoms with Crippen LogP contribution in [0.1, 0.15) is 32.1 Å². The predicted octanol–water partition coefficient (Wildman–Crippen LogP) is 4.74. The van der Waals surface area contributed by atoms with Crippen molar-refractivity contribution in [3.8, 4) is 11.5 Å². The number of nitrogens with one attached hydrogen (secondary N) is 1. The first-order valence-corrected chi connectivity index (χ1v) is 9.48. The van der Waals surface area contributed by atoms with Crippen LogP contribution in [0.15, 0.2) is 47.6 Å². The number of carbonyl (C=O) groups is 1. The van der Waals surface area contributed by atoms with Crippen molar-refractivity contribution in [3.05, 3.63) is 69.7 Å². The fourth-order valence-electron chi connectivity index (χ4n) is 2.46. The van der Waals surface area contributed by atoms with Crippen LogP contribution in [-0.2, 0) is 0 Å². The Morgan fingerprint density at radius 3 is 2.64 bits per heavy atom. The highest BCUT2D eigenvalue weighted by Gasteiger charge is 2.13. The highest BCUT2D eigenvalue weighted by Crippen LogP contribution is 2.28. The maximum absolute atomic E-state index is 12.4. The fraction of sp³-hybridized carbons (Fsp3) is 0.190. The van der Waals surface area contributed by atoms with E-state index in [1.165, 1.54) is 7.11 Å². The third kappa shape index (κ3) is 4.75. The molecule has 28 heavy (non-hydrogen) atoms. The number of methoxy groups -OCH3 is 1. The van der Waals surface area contributed by atoms with Gasteiger partial charge in [-0.05, 0) is 56.7 Å². The topological polar surface area (TPSA) is 72.8 Å². The number of nitrogens with zero attached hydrogens (tertiary/aromatic N) is 2. The molecule has 0 aliphatic carbocycles. The van der Waals surface area contributed by atoms with E-state index in [2.05, 4.69) is 15.5 Å². The van der Waals surface area contributed by atoms with E-state index >= 15 is 0 Å². The zero-order chi connectivity index (χ0) is 20.1. The van der Waals surface area contributed by atoms with Gasteiger partial charge in [0.25, 0.3) is 0 Å². The molecule has 0 atom stereocenters. The third-order valence-corrected chi connectivity index (χ3v) is 5.02. The molecule has 0 aliphatic rings. The number of aromatic nitrogens is 1. The average molecular weight is 395 g/mol. The van der Waals surface area contributed by atoms with Gasteiger partial charge in [-0.25, -0.2) is 9.78 Å². The van der Waals surface area contributed by atoms with Crippen molar-refractivity contribution in [2.45, 2.75) is 20.8 Å². The van der Waals surface area contributed by atoms with E-state index in [1.54, 1.807) is 47.9 Å². The third-order valence-electron chi connectivity index (χ3n) is 4.05. The Morgan fingerprint density at radius 2 is 1.96 bits per heavy atom. The lowest BCUT2D eigenvalue weighted by atomic mass is 10.1. The maximum Gasteiger partial charge on any atom is 0.343 e. The summed E-state index contributed by atoms with van der Waals surface area (Å²) in [5.74, 6) is 0.371. The Kier molecular flexibility index (Phi) is 6.06. The Hall–Kier alpha value is -3.19. The van der Waals surface area contributed by atoms with Crippen molar-refractivity contribution in [1.82, 2.24) is 4.98 Å². The van der Waals surface area contributed by atoms with Gasteiger partial charge in [-0.1, -0.05) is 17.7 Å². The summed E-state index contributed by atoms with van der Waals surface area (Å²) in [6.45, 7) is 5.90. The molecule has 7 heteroatoms. The van der Waals surface area contributed by atoms with E-state index in [9.17, 15) is 4.79 Å². The summed E-state index contributed by atoms with van der Waals surface area (Å²) in [6.07, 6.45) is 1.65. The predicted molar refractivity (Wildman–Crippen MR) is 112 cm³/mol. The van der Waals surface area contributed by atoms with Crippen LogP contribution in [0.5, 0.6) is 11.5 Å². The summed E-state index contributed by atoms with van der Waals surface area (Å²) in [6, 6.07) is 12.5. The van der Waals surface area contributed by atoms with E-state index in [0.29, 0.717) is 17.1 Å². The lowest BCUT2D eigenvalue weighted by Crippen LogP contribution is -2.09. The molecule has 0 fully saturated rings. The second-order valence-corrected chi connectivity index (χ2v) is 7.40. The molecule has 0 bridgehead atoms. The van der Waals surface area contributed by atoms with Gasteiger partial charge >= 0.3 is 5.97 Å². The number of hydrazone groups is 1. The van der Waals surface area contributed by atoms with Crippen molar-refractivity contribution in [3.63, 3.8) is 0 Å². The Balaban J connectivity index is 1.71. The molecule has 0 saturated carbocycles. The molecule has 6 nitrogen and oxygen atoms in total. The summed E-state index contributed by atoms with van der Waals surface area (Å²) in [5, 5.41) is 4.94. The Morgan fingerprint density at radius 1 is 1.14 bits per heavy atom. The number of anilines is 1. The largest absolute Gasteiger partial charge is 0.493 e. The molecule has 0 amide bonds. The van der Waals surface area contributed by atoms with E-state index < -0.39 is 5.97 Å². The highest BCUT2D eigenvalue weighted by molar-refractivity contribution is 7.15. The molecule has 1 aromatic heterocycles. The second-order valence-electron chi connectivity index (χ2n) is 6.20. The zero-order valence-corrected chi connectivity index (χ0v) is 17.0. The van der Waals surface area contributed by atoms with Gasteiger partial charge in [0.05, 0.1) is 24.6 Å². The normalized spacial score (nSPS) is 10.9. The van der Waals surface area contributed by atoms with E-state index in [0.717, 1.165) is 26.8 Å². The minimum Gasteiger partial charge on any atom is -0.493 e. The first kappa shape index (κ1) is 19.6. The summed E-state index contributed by atoms with van der Waals surface area (Å²) in [4.78, 5) is 17.9. The number of carbonyl (C=O) groups excluding carboxylic acids is 1. The number of thiazole rings is 1. The average Bonchev–Trinajstić information content (AvgIpc) is 3.00. The van der Waals surface area contributed by atoms with Gasteiger partial charge < -0.3 is 9.47 Å². The first-order chi connectivity index (χ1) is 13.5. The molecule has 0 unspecified atom stereocenters. The molecule has 0 spiro atoms. The van der Waals surface area contributed by atoms with Crippen LogP contribution in [0.4, 0.5) is 5.13 Å². The molecule has 2 aromatic carbocycles.